The fourth-order valence-corrected chi connectivity index (χ4v) is 4.93. The van der Waals surface area contributed by atoms with Crippen LogP contribution in [0, 0.1) is 12.8 Å². The number of aromatic nitrogens is 4. The summed E-state index contributed by atoms with van der Waals surface area (Å²) in [4.78, 5) is 37.2. The van der Waals surface area contributed by atoms with E-state index in [9.17, 15) is 9.59 Å². The molecule has 11 nitrogen and oxygen atoms in total. The second kappa shape index (κ2) is 11.8. The lowest BCUT2D eigenvalue weighted by Gasteiger charge is -2.25. The van der Waals surface area contributed by atoms with E-state index in [1.165, 1.54) is 31.0 Å². The summed E-state index contributed by atoms with van der Waals surface area (Å²) in [5, 5.41) is 13.4. The molecule has 1 aliphatic carbocycles. The van der Waals surface area contributed by atoms with Crippen molar-refractivity contribution in [3.63, 3.8) is 0 Å². The first-order chi connectivity index (χ1) is 18.4. The molecule has 0 atom stereocenters. The van der Waals surface area contributed by atoms with Crippen molar-refractivity contribution in [3.05, 3.63) is 41.7 Å². The van der Waals surface area contributed by atoms with Gasteiger partial charge in [0.25, 0.3) is 0 Å². The van der Waals surface area contributed by atoms with E-state index in [-0.39, 0.29) is 35.6 Å². The molecular weight excluding hydrogens is 504 g/mol. The van der Waals surface area contributed by atoms with Crippen LogP contribution in [0.1, 0.15) is 48.3 Å². The number of hydrogen-bond donors (Lipinski definition) is 4. The SMILES string of the molecule is Cc1cc(Nc2nc(Sc3ccc(NC(=O)C4CC4)cc3)nc(C(=O)OCCN3CCCCC3)c2N)n[nH]1. The van der Waals surface area contributed by atoms with Crippen LogP contribution in [-0.4, -0.2) is 63.2 Å². The summed E-state index contributed by atoms with van der Waals surface area (Å²) in [7, 11) is 0. The summed E-state index contributed by atoms with van der Waals surface area (Å²) in [6.45, 7) is 4.87. The number of nitrogens with one attached hydrogen (secondary N) is 3. The number of rotatable bonds is 10. The van der Waals surface area contributed by atoms with Gasteiger partial charge in [-0.05, 0) is 81.7 Å². The Hall–Kier alpha value is -3.64. The number of amides is 1. The van der Waals surface area contributed by atoms with Crippen LogP contribution in [-0.2, 0) is 9.53 Å². The molecule has 1 saturated heterocycles. The van der Waals surface area contributed by atoms with E-state index < -0.39 is 5.97 Å². The smallest absolute Gasteiger partial charge is 0.359 e. The highest BCUT2D eigenvalue weighted by Crippen LogP contribution is 2.33. The Kier molecular flexibility index (Phi) is 8.08. The monoisotopic (exact) mass is 536 g/mol. The highest BCUT2D eigenvalue weighted by molar-refractivity contribution is 7.99. The number of ether oxygens (including phenoxy) is 1. The van der Waals surface area contributed by atoms with E-state index in [0.717, 1.165) is 42.2 Å². The zero-order valence-corrected chi connectivity index (χ0v) is 22.1. The maximum absolute atomic E-state index is 13.0. The number of carbonyl (C=O) groups excluding carboxylic acids is 2. The number of nitrogen functional groups attached to an aromatic ring is 1. The van der Waals surface area contributed by atoms with E-state index in [2.05, 4.69) is 35.7 Å². The van der Waals surface area contributed by atoms with E-state index in [1.54, 1.807) is 6.07 Å². The fraction of sp³-hybridized carbons (Fsp3) is 0.423. The molecule has 5 rings (SSSR count). The van der Waals surface area contributed by atoms with Crippen LogP contribution in [0.5, 0.6) is 0 Å². The number of aryl methyl sites for hydroxylation is 1. The third kappa shape index (κ3) is 6.81. The molecule has 2 aromatic heterocycles. The number of likely N-dealkylation sites (tertiary alicyclic amines) is 1. The van der Waals surface area contributed by atoms with Crippen molar-refractivity contribution < 1.29 is 14.3 Å². The molecule has 5 N–H and O–H groups in total. The van der Waals surface area contributed by atoms with Gasteiger partial charge in [-0.2, -0.15) is 5.10 Å². The van der Waals surface area contributed by atoms with Gasteiger partial charge in [0.05, 0.1) is 0 Å². The van der Waals surface area contributed by atoms with E-state index in [4.69, 9.17) is 10.5 Å². The lowest BCUT2D eigenvalue weighted by molar-refractivity contribution is -0.117. The van der Waals surface area contributed by atoms with Crippen molar-refractivity contribution in [1.29, 1.82) is 0 Å². The van der Waals surface area contributed by atoms with Crippen LogP contribution in [0.25, 0.3) is 0 Å². The maximum Gasteiger partial charge on any atom is 0.359 e. The highest BCUT2D eigenvalue weighted by Gasteiger charge is 2.29. The molecule has 0 radical (unpaired) electrons. The third-order valence-electron chi connectivity index (χ3n) is 6.44. The molecular formula is C26H32N8O3S. The molecule has 0 bridgehead atoms. The molecule has 38 heavy (non-hydrogen) atoms. The van der Waals surface area contributed by atoms with Crippen molar-refractivity contribution >= 4 is 46.6 Å². The standard InChI is InChI=1S/C26H32N8O3S/c1-16-15-20(33-32-16)29-23-21(27)22(25(36)37-14-13-34-11-3-2-4-12-34)30-26(31-23)38-19-9-7-18(8-10-19)28-24(35)17-5-6-17/h7-10,15,17H,2-6,11-14,27H2,1H3,(H,28,35)(H2,29,30,31,32,33). The zero-order valence-electron chi connectivity index (χ0n) is 21.3. The second-order valence-electron chi connectivity index (χ2n) is 9.61. The lowest BCUT2D eigenvalue weighted by atomic mass is 10.1. The molecule has 200 valence electrons. The van der Waals surface area contributed by atoms with Crippen LogP contribution in [0.4, 0.5) is 23.0 Å². The van der Waals surface area contributed by atoms with Gasteiger partial charge in [0.1, 0.15) is 12.3 Å². The van der Waals surface area contributed by atoms with Gasteiger partial charge in [-0.15, -0.1) is 0 Å². The van der Waals surface area contributed by atoms with Gasteiger partial charge in [0, 0.05) is 34.8 Å². The van der Waals surface area contributed by atoms with E-state index in [1.807, 2.05) is 31.2 Å². The predicted molar refractivity (Wildman–Crippen MR) is 146 cm³/mol. The Labute approximate surface area is 225 Å². The van der Waals surface area contributed by atoms with Crippen molar-refractivity contribution in [1.82, 2.24) is 25.1 Å². The first-order valence-corrected chi connectivity index (χ1v) is 13.7. The van der Waals surface area contributed by atoms with E-state index >= 15 is 0 Å². The van der Waals surface area contributed by atoms with Gasteiger partial charge in [-0.1, -0.05) is 6.42 Å². The normalized spacial score (nSPS) is 15.7. The molecule has 2 aliphatic rings. The minimum Gasteiger partial charge on any atom is -0.460 e. The number of nitrogens with zero attached hydrogens (tertiary/aromatic N) is 4. The first-order valence-electron chi connectivity index (χ1n) is 12.9. The lowest BCUT2D eigenvalue weighted by Crippen LogP contribution is -2.33. The molecule has 1 amide bonds. The van der Waals surface area contributed by atoms with Crippen molar-refractivity contribution in [2.45, 2.75) is 49.1 Å². The quantitative estimate of drug-likeness (QED) is 0.221. The van der Waals surface area contributed by atoms with Crippen LogP contribution in [0.15, 0.2) is 40.4 Å². The van der Waals surface area contributed by atoms with Gasteiger partial charge in [-0.25, -0.2) is 14.8 Å². The van der Waals surface area contributed by atoms with E-state index in [0.29, 0.717) is 17.5 Å². The molecule has 0 unspecified atom stereocenters. The molecule has 12 heteroatoms. The van der Waals surface area contributed by atoms with Crippen LogP contribution < -0.4 is 16.4 Å². The summed E-state index contributed by atoms with van der Waals surface area (Å²) in [5.41, 5.74) is 8.02. The molecule has 1 aromatic carbocycles. The topological polar surface area (TPSA) is 151 Å². The fourth-order valence-electron chi connectivity index (χ4n) is 4.17. The largest absolute Gasteiger partial charge is 0.460 e. The Morgan fingerprint density at radius 2 is 1.92 bits per heavy atom. The average Bonchev–Trinajstić information content (AvgIpc) is 3.69. The summed E-state index contributed by atoms with van der Waals surface area (Å²) >= 11 is 1.28. The number of piperidine rings is 1. The van der Waals surface area contributed by atoms with Crippen LogP contribution in [0.3, 0.4) is 0 Å². The number of esters is 1. The third-order valence-corrected chi connectivity index (χ3v) is 7.31. The van der Waals surface area contributed by atoms with Crippen molar-refractivity contribution in [3.8, 4) is 0 Å². The first kappa shape index (κ1) is 26.0. The second-order valence-corrected chi connectivity index (χ2v) is 10.6. The van der Waals surface area contributed by atoms with Crippen molar-refractivity contribution in [2.75, 3.05) is 42.6 Å². The average molecular weight is 537 g/mol. The Bertz CT molecular complexity index is 1290. The Morgan fingerprint density at radius 3 is 2.61 bits per heavy atom. The van der Waals surface area contributed by atoms with Crippen LogP contribution in [0.2, 0.25) is 0 Å². The summed E-state index contributed by atoms with van der Waals surface area (Å²) in [6.07, 6.45) is 5.49. The summed E-state index contributed by atoms with van der Waals surface area (Å²) in [6, 6.07) is 9.21. The minimum atomic E-state index is -0.594. The van der Waals surface area contributed by atoms with Gasteiger partial charge >= 0.3 is 5.97 Å². The number of hydrogen-bond acceptors (Lipinski definition) is 10. The number of benzene rings is 1. The number of H-pyrrole nitrogens is 1. The van der Waals surface area contributed by atoms with Gasteiger partial charge in [-0.3, -0.25) is 14.8 Å². The number of aromatic amines is 1. The molecule has 3 heterocycles. The molecule has 0 spiro atoms. The van der Waals surface area contributed by atoms with Gasteiger partial charge in [0.15, 0.2) is 22.5 Å². The molecule has 2 fully saturated rings. The highest BCUT2D eigenvalue weighted by atomic mass is 32.2. The zero-order chi connectivity index (χ0) is 26.5. The molecule has 1 aliphatic heterocycles. The Morgan fingerprint density at radius 1 is 1.16 bits per heavy atom. The van der Waals surface area contributed by atoms with Crippen molar-refractivity contribution in [2.24, 2.45) is 5.92 Å². The summed E-state index contributed by atoms with van der Waals surface area (Å²) < 4.78 is 5.55. The number of nitrogens with two attached hydrogens (primary N) is 1. The van der Waals surface area contributed by atoms with Gasteiger partial charge in [0.2, 0.25) is 5.91 Å². The summed E-state index contributed by atoms with van der Waals surface area (Å²) in [5.74, 6) is 0.381. The molecule has 3 aromatic rings. The number of carbonyl (C=O) groups is 2. The number of anilines is 4. The van der Waals surface area contributed by atoms with Crippen LogP contribution >= 0.6 is 11.8 Å². The molecule has 1 saturated carbocycles. The minimum absolute atomic E-state index is 0.00391. The Balaban J connectivity index is 1.31. The van der Waals surface area contributed by atoms with Gasteiger partial charge < -0.3 is 21.1 Å². The maximum atomic E-state index is 13.0. The predicted octanol–water partition coefficient (Wildman–Crippen LogP) is 3.98.